The molecule has 3 atom stereocenters. The van der Waals surface area contributed by atoms with Crippen molar-refractivity contribution in [1.82, 2.24) is 4.98 Å². The standard InChI is InChI=1S/C30H32N2/c1-5-21(3)30(4,6-2)28-16-15-25(23-13-11-22(20-31)12-14-23)19-27(28)29-26-10-8-7-9-24(26)17-18-32-29/h7-15,17-19,21,28H,5-6,16H2,1-4H3. The lowest BCUT2D eigenvalue weighted by atomic mass is 9.60. The van der Waals surface area contributed by atoms with E-state index in [0.29, 0.717) is 17.4 Å². The summed E-state index contributed by atoms with van der Waals surface area (Å²) >= 11 is 0. The Morgan fingerprint density at radius 1 is 1.09 bits per heavy atom. The molecule has 0 fully saturated rings. The molecule has 0 bridgehead atoms. The molecule has 0 N–H and O–H groups in total. The first kappa shape index (κ1) is 22.0. The van der Waals surface area contributed by atoms with E-state index in [4.69, 9.17) is 4.98 Å². The third-order valence-electron chi connectivity index (χ3n) is 7.85. The molecule has 1 aliphatic carbocycles. The van der Waals surface area contributed by atoms with Gasteiger partial charge in [-0.3, -0.25) is 4.98 Å². The van der Waals surface area contributed by atoms with Crippen molar-refractivity contribution in [2.75, 3.05) is 0 Å². The average Bonchev–Trinajstić information content (AvgIpc) is 2.87. The third kappa shape index (κ3) is 3.89. The Bertz CT molecular complexity index is 1200. The number of hydrogen-bond donors (Lipinski definition) is 0. The van der Waals surface area contributed by atoms with Crippen LogP contribution in [0.4, 0.5) is 0 Å². The van der Waals surface area contributed by atoms with E-state index in [1.165, 1.54) is 28.3 Å². The smallest absolute Gasteiger partial charge is 0.0991 e. The van der Waals surface area contributed by atoms with Crippen molar-refractivity contribution in [1.29, 1.82) is 5.26 Å². The van der Waals surface area contributed by atoms with Crippen LogP contribution < -0.4 is 0 Å². The Kier molecular flexibility index (Phi) is 6.28. The van der Waals surface area contributed by atoms with E-state index < -0.39 is 0 Å². The SMILES string of the molecule is CCC(C)C(C)(CC)C1CC=C(c2ccc(C#N)cc2)C=C1c1nccc2ccccc12. The maximum atomic E-state index is 9.17. The van der Waals surface area contributed by atoms with Gasteiger partial charge in [-0.1, -0.05) is 76.6 Å². The topological polar surface area (TPSA) is 36.7 Å². The van der Waals surface area contributed by atoms with Gasteiger partial charge in [-0.05, 0) is 76.5 Å². The molecule has 0 radical (unpaired) electrons. The van der Waals surface area contributed by atoms with Crippen molar-refractivity contribution in [3.63, 3.8) is 0 Å². The fourth-order valence-electron chi connectivity index (χ4n) is 5.25. The van der Waals surface area contributed by atoms with Crippen LogP contribution in [0.1, 0.15) is 63.8 Å². The van der Waals surface area contributed by atoms with Crippen molar-refractivity contribution in [2.24, 2.45) is 17.3 Å². The molecule has 0 spiro atoms. The van der Waals surface area contributed by atoms with Gasteiger partial charge < -0.3 is 0 Å². The van der Waals surface area contributed by atoms with Gasteiger partial charge >= 0.3 is 0 Å². The highest BCUT2D eigenvalue weighted by Gasteiger charge is 2.40. The normalized spacial score (nSPS) is 18.9. The maximum Gasteiger partial charge on any atom is 0.0991 e. The molecule has 3 aromatic rings. The molecule has 0 saturated heterocycles. The van der Waals surface area contributed by atoms with Crippen LogP contribution in [0, 0.1) is 28.6 Å². The Morgan fingerprint density at radius 3 is 2.53 bits per heavy atom. The molecule has 2 aromatic carbocycles. The minimum atomic E-state index is 0.186. The minimum Gasteiger partial charge on any atom is -0.256 e. The molecule has 32 heavy (non-hydrogen) atoms. The summed E-state index contributed by atoms with van der Waals surface area (Å²) in [4.78, 5) is 4.93. The molecule has 2 nitrogen and oxygen atoms in total. The average molecular weight is 421 g/mol. The first-order valence-corrected chi connectivity index (χ1v) is 11.8. The summed E-state index contributed by atoms with van der Waals surface area (Å²) in [6.07, 6.45) is 10.00. The summed E-state index contributed by atoms with van der Waals surface area (Å²) in [6.45, 7) is 9.50. The highest BCUT2D eigenvalue weighted by Crippen LogP contribution is 2.51. The van der Waals surface area contributed by atoms with Crippen LogP contribution in [0.2, 0.25) is 0 Å². The quantitative estimate of drug-likeness (QED) is 0.404. The van der Waals surface area contributed by atoms with Gasteiger partial charge in [0.25, 0.3) is 0 Å². The van der Waals surface area contributed by atoms with Crippen LogP contribution in [0.25, 0.3) is 21.9 Å². The number of benzene rings is 2. The number of rotatable bonds is 6. The number of aromatic nitrogens is 1. The van der Waals surface area contributed by atoms with Crippen LogP contribution in [0.3, 0.4) is 0 Å². The van der Waals surface area contributed by atoms with E-state index in [1.807, 2.05) is 18.3 Å². The predicted molar refractivity (Wildman–Crippen MR) is 135 cm³/mol. The van der Waals surface area contributed by atoms with Gasteiger partial charge in [0.05, 0.1) is 17.3 Å². The third-order valence-corrected chi connectivity index (χ3v) is 7.85. The molecule has 0 aliphatic heterocycles. The van der Waals surface area contributed by atoms with E-state index in [-0.39, 0.29) is 5.41 Å². The lowest BCUT2D eigenvalue weighted by molar-refractivity contribution is 0.128. The molecule has 1 aromatic heterocycles. The van der Waals surface area contributed by atoms with E-state index in [1.54, 1.807) is 0 Å². The molecular formula is C30H32N2. The van der Waals surface area contributed by atoms with Gasteiger partial charge in [-0.2, -0.15) is 5.26 Å². The van der Waals surface area contributed by atoms with E-state index in [0.717, 1.165) is 24.1 Å². The highest BCUT2D eigenvalue weighted by molar-refractivity contribution is 5.96. The Morgan fingerprint density at radius 2 is 1.84 bits per heavy atom. The van der Waals surface area contributed by atoms with Gasteiger partial charge in [0, 0.05) is 11.6 Å². The van der Waals surface area contributed by atoms with Crippen molar-refractivity contribution < 1.29 is 0 Å². The van der Waals surface area contributed by atoms with Crippen LogP contribution in [-0.2, 0) is 0 Å². The predicted octanol–water partition coefficient (Wildman–Crippen LogP) is 8.06. The molecular weight excluding hydrogens is 388 g/mol. The fraction of sp³-hybridized carbons (Fsp3) is 0.333. The van der Waals surface area contributed by atoms with Crippen molar-refractivity contribution in [2.45, 2.75) is 47.0 Å². The molecule has 1 heterocycles. The van der Waals surface area contributed by atoms with Gasteiger partial charge in [0.15, 0.2) is 0 Å². The zero-order valence-electron chi connectivity index (χ0n) is 19.6. The van der Waals surface area contributed by atoms with Crippen molar-refractivity contribution in [3.8, 4) is 6.07 Å². The van der Waals surface area contributed by atoms with Gasteiger partial charge in [0.1, 0.15) is 0 Å². The summed E-state index contributed by atoms with van der Waals surface area (Å²) in [5.74, 6) is 1.02. The Labute approximate surface area is 192 Å². The van der Waals surface area contributed by atoms with Crippen LogP contribution >= 0.6 is 0 Å². The lowest BCUT2D eigenvalue weighted by Crippen LogP contribution is -2.35. The fourth-order valence-corrected chi connectivity index (χ4v) is 5.25. The summed E-state index contributed by atoms with van der Waals surface area (Å²) in [7, 11) is 0. The molecule has 162 valence electrons. The summed E-state index contributed by atoms with van der Waals surface area (Å²) in [5.41, 5.74) is 5.70. The minimum absolute atomic E-state index is 0.186. The largest absolute Gasteiger partial charge is 0.256 e. The first-order chi connectivity index (χ1) is 15.5. The molecule has 0 saturated carbocycles. The van der Waals surface area contributed by atoms with Gasteiger partial charge in [-0.15, -0.1) is 0 Å². The molecule has 4 rings (SSSR count). The molecule has 1 aliphatic rings. The van der Waals surface area contributed by atoms with Gasteiger partial charge in [-0.25, -0.2) is 0 Å². The zero-order chi connectivity index (χ0) is 22.7. The van der Waals surface area contributed by atoms with Crippen molar-refractivity contribution >= 4 is 21.9 Å². The summed E-state index contributed by atoms with van der Waals surface area (Å²) in [6, 6.07) is 20.8. The highest BCUT2D eigenvalue weighted by atomic mass is 14.7. The first-order valence-electron chi connectivity index (χ1n) is 11.8. The molecule has 3 unspecified atom stereocenters. The second kappa shape index (κ2) is 9.13. The number of fused-ring (bicyclic) bond motifs is 1. The lowest BCUT2D eigenvalue weighted by Gasteiger charge is -2.44. The number of nitriles is 1. The second-order valence-electron chi connectivity index (χ2n) is 9.29. The number of hydrogen-bond acceptors (Lipinski definition) is 2. The molecule has 2 heteroatoms. The Balaban J connectivity index is 1.89. The van der Waals surface area contributed by atoms with E-state index in [2.05, 4.69) is 88.4 Å². The zero-order valence-corrected chi connectivity index (χ0v) is 19.6. The van der Waals surface area contributed by atoms with Crippen LogP contribution in [0.15, 0.2) is 72.9 Å². The maximum absolute atomic E-state index is 9.17. The van der Waals surface area contributed by atoms with E-state index >= 15 is 0 Å². The van der Waals surface area contributed by atoms with Crippen LogP contribution in [0.5, 0.6) is 0 Å². The summed E-state index contributed by atoms with van der Waals surface area (Å²) in [5, 5.41) is 11.6. The summed E-state index contributed by atoms with van der Waals surface area (Å²) < 4.78 is 0. The van der Waals surface area contributed by atoms with Crippen LogP contribution in [-0.4, -0.2) is 4.98 Å². The van der Waals surface area contributed by atoms with Crippen molar-refractivity contribution in [3.05, 3.63) is 89.8 Å². The molecule has 0 amide bonds. The Hall–Kier alpha value is -3.18. The number of pyridine rings is 1. The number of allylic oxidation sites excluding steroid dienone is 4. The van der Waals surface area contributed by atoms with Gasteiger partial charge in [0.2, 0.25) is 0 Å². The second-order valence-corrected chi connectivity index (χ2v) is 9.29. The van der Waals surface area contributed by atoms with E-state index in [9.17, 15) is 5.26 Å². The number of nitrogens with zero attached hydrogens (tertiary/aromatic N) is 2. The monoisotopic (exact) mass is 420 g/mol.